The summed E-state index contributed by atoms with van der Waals surface area (Å²) >= 11 is 0. The van der Waals surface area contributed by atoms with E-state index in [0.717, 1.165) is 6.54 Å². The number of likely N-dealkylation sites (tertiary alicyclic amines) is 1. The maximum atomic E-state index is 12.3. The maximum absolute atomic E-state index is 12.3. The summed E-state index contributed by atoms with van der Waals surface area (Å²) < 4.78 is 1.91. The van der Waals surface area contributed by atoms with Gasteiger partial charge in [-0.05, 0) is 25.8 Å². The van der Waals surface area contributed by atoms with Crippen molar-refractivity contribution in [1.82, 2.24) is 19.8 Å². The lowest BCUT2D eigenvalue weighted by molar-refractivity contribution is 0.0935. The highest BCUT2D eigenvalue weighted by Gasteiger charge is 2.31. The third-order valence-corrected chi connectivity index (χ3v) is 4.66. The van der Waals surface area contributed by atoms with E-state index in [1.165, 1.54) is 5.56 Å². The van der Waals surface area contributed by atoms with Gasteiger partial charge in [-0.25, -0.2) is 4.98 Å². The van der Waals surface area contributed by atoms with E-state index in [2.05, 4.69) is 27.3 Å². The van der Waals surface area contributed by atoms with Crippen LogP contribution in [0.3, 0.4) is 0 Å². The van der Waals surface area contributed by atoms with Gasteiger partial charge in [0.2, 0.25) is 0 Å². The molecule has 134 valence electrons. The first-order chi connectivity index (χ1) is 12.0. The molecule has 1 aliphatic rings. The molecule has 0 bridgehead atoms. The number of imidazole rings is 1. The Kier molecular flexibility index (Phi) is 5.50. The van der Waals surface area contributed by atoms with Gasteiger partial charge in [-0.1, -0.05) is 30.3 Å². The Balaban J connectivity index is 1.57. The van der Waals surface area contributed by atoms with E-state index in [0.29, 0.717) is 25.2 Å². The Bertz CT molecular complexity index is 698. The molecule has 6 nitrogen and oxygen atoms in total. The number of β-amino-alcohol motifs (C(OH)–C–C–N with tert-alkyl or cyclic N) is 1. The number of benzene rings is 1. The molecule has 1 aromatic heterocycles. The van der Waals surface area contributed by atoms with E-state index in [9.17, 15) is 9.90 Å². The normalized spacial score (nSPS) is 21.0. The SMILES string of the molecule is CC(C)n1cnc(C(=O)NC[C@H]2C[C@H](O)CN2Cc2ccccc2)c1. The number of nitrogens with one attached hydrogen (secondary N) is 1. The van der Waals surface area contributed by atoms with E-state index < -0.39 is 0 Å². The summed E-state index contributed by atoms with van der Waals surface area (Å²) in [7, 11) is 0. The second kappa shape index (κ2) is 7.80. The standard InChI is InChI=1S/C19H26N4O2/c1-14(2)23-12-18(21-13-23)19(25)20-9-16-8-17(24)11-22(16)10-15-6-4-3-5-7-15/h3-7,12-14,16-17,24H,8-11H2,1-2H3,(H,20,25)/t16-,17+/m1/s1. The van der Waals surface area contributed by atoms with Gasteiger partial charge < -0.3 is 15.0 Å². The molecule has 2 heterocycles. The number of aromatic nitrogens is 2. The molecule has 0 unspecified atom stereocenters. The maximum Gasteiger partial charge on any atom is 0.271 e. The summed E-state index contributed by atoms with van der Waals surface area (Å²) in [5.74, 6) is -0.166. The number of hydrogen-bond donors (Lipinski definition) is 2. The van der Waals surface area contributed by atoms with E-state index in [1.807, 2.05) is 36.6 Å². The zero-order valence-electron chi connectivity index (χ0n) is 14.8. The van der Waals surface area contributed by atoms with Crippen molar-refractivity contribution in [2.75, 3.05) is 13.1 Å². The lowest BCUT2D eigenvalue weighted by atomic mass is 10.1. The van der Waals surface area contributed by atoms with Gasteiger partial charge >= 0.3 is 0 Å². The van der Waals surface area contributed by atoms with Gasteiger partial charge in [0, 0.05) is 37.9 Å². The van der Waals surface area contributed by atoms with Gasteiger partial charge in [0.05, 0.1) is 12.4 Å². The molecule has 6 heteroatoms. The van der Waals surface area contributed by atoms with Crippen LogP contribution in [0.2, 0.25) is 0 Å². The topological polar surface area (TPSA) is 70.4 Å². The Hall–Kier alpha value is -2.18. The molecule has 3 rings (SSSR count). The summed E-state index contributed by atoms with van der Waals surface area (Å²) in [4.78, 5) is 18.7. The summed E-state index contributed by atoms with van der Waals surface area (Å²) in [5, 5.41) is 13.0. The first-order valence-corrected chi connectivity index (χ1v) is 8.80. The highest BCUT2D eigenvalue weighted by molar-refractivity contribution is 5.92. The molecule has 25 heavy (non-hydrogen) atoms. The minimum atomic E-state index is -0.342. The van der Waals surface area contributed by atoms with Crippen molar-refractivity contribution in [3.05, 3.63) is 54.1 Å². The molecule has 0 saturated carbocycles. The zero-order chi connectivity index (χ0) is 17.8. The summed E-state index contributed by atoms with van der Waals surface area (Å²) in [6, 6.07) is 10.6. The monoisotopic (exact) mass is 342 g/mol. The van der Waals surface area contributed by atoms with Crippen molar-refractivity contribution in [3.8, 4) is 0 Å². The molecule has 1 saturated heterocycles. The fourth-order valence-corrected chi connectivity index (χ4v) is 3.22. The first-order valence-electron chi connectivity index (χ1n) is 8.80. The lowest BCUT2D eigenvalue weighted by Crippen LogP contribution is -2.39. The molecule has 0 radical (unpaired) electrons. The quantitative estimate of drug-likeness (QED) is 0.840. The van der Waals surface area contributed by atoms with E-state index in [1.54, 1.807) is 12.5 Å². The molecule has 2 atom stereocenters. The lowest BCUT2D eigenvalue weighted by Gasteiger charge is -2.24. The van der Waals surface area contributed by atoms with Crippen LogP contribution in [-0.4, -0.2) is 50.7 Å². The third kappa shape index (κ3) is 4.46. The van der Waals surface area contributed by atoms with E-state index in [4.69, 9.17) is 0 Å². The molecule has 0 aliphatic carbocycles. The van der Waals surface area contributed by atoms with Crippen LogP contribution < -0.4 is 5.32 Å². The van der Waals surface area contributed by atoms with Gasteiger partial charge in [0.25, 0.3) is 5.91 Å². The second-order valence-corrected chi connectivity index (χ2v) is 6.97. The van der Waals surface area contributed by atoms with Crippen LogP contribution in [-0.2, 0) is 6.54 Å². The molecule has 1 aliphatic heterocycles. The molecule has 2 N–H and O–H groups in total. The number of hydrogen-bond acceptors (Lipinski definition) is 4. The van der Waals surface area contributed by atoms with E-state index in [-0.39, 0.29) is 24.1 Å². The van der Waals surface area contributed by atoms with Crippen LogP contribution >= 0.6 is 0 Å². The van der Waals surface area contributed by atoms with Gasteiger partial charge in [-0.15, -0.1) is 0 Å². The highest BCUT2D eigenvalue weighted by atomic mass is 16.3. The zero-order valence-corrected chi connectivity index (χ0v) is 14.8. The Morgan fingerprint density at radius 3 is 2.80 bits per heavy atom. The van der Waals surface area contributed by atoms with Crippen molar-refractivity contribution >= 4 is 5.91 Å². The predicted octanol–water partition coefficient (Wildman–Crippen LogP) is 1.83. The minimum absolute atomic E-state index is 0.131. The third-order valence-electron chi connectivity index (χ3n) is 4.66. The molecular weight excluding hydrogens is 316 g/mol. The van der Waals surface area contributed by atoms with Crippen LogP contribution in [0.5, 0.6) is 0 Å². The van der Waals surface area contributed by atoms with Crippen LogP contribution in [0.4, 0.5) is 0 Å². The molecule has 2 aromatic rings. The average molecular weight is 342 g/mol. The van der Waals surface area contributed by atoms with Gasteiger partial charge in [-0.2, -0.15) is 0 Å². The van der Waals surface area contributed by atoms with Crippen molar-refractivity contribution in [2.24, 2.45) is 0 Å². The summed E-state index contributed by atoms with van der Waals surface area (Å²) in [6.45, 7) is 6.02. The van der Waals surface area contributed by atoms with Gasteiger partial charge in [-0.3, -0.25) is 9.69 Å². The highest BCUT2D eigenvalue weighted by Crippen LogP contribution is 2.20. The van der Waals surface area contributed by atoms with Crippen molar-refractivity contribution < 1.29 is 9.90 Å². The average Bonchev–Trinajstić information content (AvgIpc) is 3.21. The van der Waals surface area contributed by atoms with Crippen LogP contribution in [0.15, 0.2) is 42.9 Å². The number of rotatable bonds is 6. The second-order valence-electron chi connectivity index (χ2n) is 6.97. The number of carbonyl (C=O) groups is 1. The number of aliphatic hydroxyl groups is 1. The smallest absolute Gasteiger partial charge is 0.271 e. The molecular formula is C19H26N4O2. The Morgan fingerprint density at radius 1 is 1.36 bits per heavy atom. The van der Waals surface area contributed by atoms with Crippen LogP contribution in [0, 0.1) is 0 Å². The van der Waals surface area contributed by atoms with Crippen LogP contribution in [0.25, 0.3) is 0 Å². The summed E-state index contributed by atoms with van der Waals surface area (Å²) in [6.07, 6.45) is 3.78. The molecule has 1 amide bonds. The number of amides is 1. The van der Waals surface area contributed by atoms with Gasteiger partial charge in [0.15, 0.2) is 0 Å². The van der Waals surface area contributed by atoms with Gasteiger partial charge in [0.1, 0.15) is 5.69 Å². The van der Waals surface area contributed by atoms with Crippen molar-refractivity contribution in [3.63, 3.8) is 0 Å². The Morgan fingerprint density at radius 2 is 2.12 bits per heavy atom. The first kappa shape index (κ1) is 17.6. The Labute approximate surface area is 148 Å². The summed E-state index contributed by atoms with van der Waals surface area (Å²) in [5.41, 5.74) is 1.64. The van der Waals surface area contributed by atoms with Crippen LogP contribution in [0.1, 0.15) is 42.4 Å². The number of aliphatic hydroxyl groups excluding tert-OH is 1. The predicted molar refractivity (Wildman–Crippen MR) is 96.2 cm³/mol. The fraction of sp³-hybridized carbons (Fsp3) is 0.474. The van der Waals surface area contributed by atoms with E-state index >= 15 is 0 Å². The molecule has 0 spiro atoms. The minimum Gasteiger partial charge on any atom is -0.392 e. The fourth-order valence-electron chi connectivity index (χ4n) is 3.22. The largest absolute Gasteiger partial charge is 0.392 e. The number of carbonyl (C=O) groups excluding carboxylic acids is 1. The molecule has 1 fully saturated rings. The number of nitrogens with zero attached hydrogens (tertiary/aromatic N) is 3. The van der Waals surface area contributed by atoms with Crippen molar-refractivity contribution in [1.29, 1.82) is 0 Å². The van der Waals surface area contributed by atoms with Crippen molar-refractivity contribution in [2.45, 2.75) is 45.0 Å². The molecule has 1 aromatic carbocycles.